The molecule has 1 atom stereocenters. The average Bonchev–Trinajstić information content (AvgIpc) is 3.29. The first-order valence-corrected chi connectivity index (χ1v) is 9.98. The third-order valence-electron chi connectivity index (χ3n) is 5.28. The molecule has 2 heterocycles. The Hall–Kier alpha value is -3.00. The maximum Gasteiger partial charge on any atom is 0.268 e. The molecule has 1 aliphatic heterocycles. The van der Waals surface area contributed by atoms with E-state index in [9.17, 15) is 14.0 Å². The number of rotatable bonds is 8. The number of anilines is 1. The van der Waals surface area contributed by atoms with E-state index in [0.29, 0.717) is 67.5 Å². The van der Waals surface area contributed by atoms with Crippen molar-refractivity contribution in [3.63, 3.8) is 0 Å². The molecule has 30 heavy (non-hydrogen) atoms. The SMILES string of the molecule is COCCCOc1cc(O[C@@H]2CCN(c3cc(F)c4c(c3)C(=O)CC4)C2=O)ccn1. The van der Waals surface area contributed by atoms with E-state index in [2.05, 4.69) is 4.98 Å². The van der Waals surface area contributed by atoms with Crippen molar-refractivity contribution in [3.05, 3.63) is 47.4 Å². The topological polar surface area (TPSA) is 78.0 Å². The number of benzene rings is 1. The first-order valence-electron chi connectivity index (χ1n) is 9.98. The number of aromatic nitrogens is 1. The molecule has 1 aromatic carbocycles. The predicted octanol–water partition coefficient (Wildman–Crippen LogP) is 2.95. The van der Waals surface area contributed by atoms with Crippen molar-refractivity contribution >= 4 is 17.4 Å². The summed E-state index contributed by atoms with van der Waals surface area (Å²) in [4.78, 5) is 30.5. The number of hydrogen-bond acceptors (Lipinski definition) is 6. The summed E-state index contributed by atoms with van der Waals surface area (Å²) in [6.07, 6.45) is 2.78. The Balaban J connectivity index is 1.43. The minimum atomic E-state index is -0.694. The van der Waals surface area contributed by atoms with E-state index in [1.54, 1.807) is 31.5 Å². The number of amides is 1. The lowest BCUT2D eigenvalue weighted by Gasteiger charge is -2.18. The van der Waals surface area contributed by atoms with Crippen LogP contribution in [0.4, 0.5) is 10.1 Å². The first-order chi connectivity index (χ1) is 14.6. The Kier molecular flexibility index (Phi) is 5.94. The summed E-state index contributed by atoms with van der Waals surface area (Å²) in [5.41, 5.74) is 1.22. The molecule has 4 rings (SSSR count). The smallest absolute Gasteiger partial charge is 0.268 e. The molecular formula is C22H23FN2O5. The van der Waals surface area contributed by atoms with E-state index >= 15 is 0 Å². The summed E-state index contributed by atoms with van der Waals surface area (Å²) >= 11 is 0. The molecule has 1 saturated heterocycles. The zero-order valence-corrected chi connectivity index (χ0v) is 16.7. The molecule has 0 unspecified atom stereocenters. The van der Waals surface area contributed by atoms with Crippen molar-refractivity contribution in [2.75, 3.05) is 31.8 Å². The molecule has 0 radical (unpaired) electrons. The van der Waals surface area contributed by atoms with Crippen LogP contribution in [0.5, 0.6) is 11.6 Å². The Bertz CT molecular complexity index is 965. The van der Waals surface area contributed by atoms with Gasteiger partial charge in [-0.3, -0.25) is 9.59 Å². The second-order valence-corrected chi connectivity index (χ2v) is 7.29. The first kappa shape index (κ1) is 20.3. The summed E-state index contributed by atoms with van der Waals surface area (Å²) in [7, 11) is 1.63. The van der Waals surface area contributed by atoms with Crippen LogP contribution in [0.15, 0.2) is 30.5 Å². The number of carbonyl (C=O) groups is 2. The Morgan fingerprint density at radius 3 is 2.90 bits per heavy atom. The number of pyridine rings is 1. The van der Waals surface area contributed by atoms with Gasteiger partial charge in [0.05, 0.1) is 6.61 Å². The zero-order chi connectivity index (χ0) is 21.1. The summed E-state index contributed by atoms with van der Waals surface area (Å²) in [6, 6.07) is 6.24. The number of carbonyl (C=O) groups excluding carboxylic acids is 2. The molecule has 158 valence electrons. The number of methoxy groups -OCH3 is 1. The van der Waals surface area contributed by atoms with Gasteiger partial charge in [0.2, 0.25) is 5.88 Å². The largest absolute Gasteiger partial charge is 0.480 e. The molecule has 8 heteroatoms. The molecule has 0 N–H and O–H groups in total. The fourth-order valence-electron chi connectivity index (χ4n) is 3.76. The molecular weight excluding hydrogens is 391 g/mol. The molecule has 1 fully saturated rings. The zero-order valence-electron chi connectivity index (χ0n) is 16.7. The van der Waals surface area contributed by atoms with Crippen LogP contribution in [0.3, 0.4) is 0 Å². The fraction of sp³-hybridized carbons (Fsp3) is 0.409. The summed E-state index contributed by atoms with van der Waals surface area (Å²) < 4.78 is 30.8. The molecule has 0 spiro atoms. The summed E-state index contributed by atoms with van der Waals surface area (Å²) in [5.74, 6) is 0.0986. The van der Waals surface area contributed by atoms with Gasteiger partial charge >= 0.3 is 0 Å². The number of ketones is 1. The third kappa shape index (κ3) is 4.14. The lowest BCUT2D eigenvalue weighted by Crippen LogP contribution is -2.32. The van der Waals surface area contributed by atoms with Gasteiger partial charge in [0.25, 0.3) is 5.91 Å². The van der Waals surface area contributed by atoms with Crippen LogP contribution in [0, 0.1) is 5.82 Å². The van der Waals surface area contributed by atoms with E-state index in [1.165, 1.54) is 11.0 Å². The number of nitrogens with zero attached hydrogens (tertiary/aromatic N) is 2. The molecule has 0 saturated carbocycles. The lowest BCUT2D eigenvalue weighted by molar-refractivity contribution is -0.122. The molecule has 2 aliphatic rings. The number of Topliss-reactive ketones (excluding diaryl/α,β-unsaturated/α-hetero) is 1. The van der Waals surface area contributed by atoms with Gasteiger partial charge in [-0.25, -0.2) is 9.37 Å². The van der Waals surface area contributed by atoms with E-state index in [-0.39, 0.29) is 11.7 Å². The summed E-state index contributed by atoms with van der Waals surface area (Å²) in [5, 5.41) is 0. The van der Waals surface area contributed by atoms with Crippen LogP contribution >= 0.6 is 0 Å². The van der Waals surface area contributed by atoms with Crippen LogP contribution < -0.4 is 14.4 Å². The Labute approximate surface area is 173 Å². The van der Waals surface area contributed by atoms with Crippen LogP contribution in [0.1, 0.15) is 35.2 Å². The van der Waals surface area contributed by atoms with Crippen LogP contribution in [-0.4, -0.2) is 49.6 Å². The van der Waals surface area contributed by atoms with Gasteiger partial charge in [-0.2, -0.15) is 0 Å². The van der Waals surface area contributed by atoms with Crippen molar-refractivity contribution in [2.45, 2.75) is 31.8 Å². The highest BCUT2D eigenvalue weighted by molar-refractivity contribution is 6.04. The Morgan fingerprint density at radius 1 is 1.20 bits per heavy atom. The average molecular weight is 414 g/mol. The quantitative estimate of drug-likeness (QED) is 0.618. The van der Waals surface area contributed by atoms with Crippen molar-refractivity contribution in [1.29, 1.82) is 0 Å². The second kappa shape index (κ2) is 8.79. The van der Waals surface area contributed by atoms with Crippen molar-refractivity contribution in [2.24, 2.45) is 0 Å². The standard InChI is InChI=1S/C22H23FN2O5/c1-28-9-2-10-29-21-13-15(5-7-24-21)30-20-6-8-25(22(20)27)14-11-17-16(18(23)12-14)3-4-19(17)26/h5,7,11-13,20H,2-4,6,8-10H2,1H3/t20-/m1/s1. The monoisotopic (exact) mass is 414 g/mol. The number of hydrogen-bond donors (Lipinski definition) is 0. The molecule has 1 aromatic heterocycles. The molecule has 1 aliphatic carbocycles. The lowest BCUT2D eigenvalue weighted by atomic mass is 10.1. The third-order valence-corrected chi connectivity index (χ3v) is 5.28. The Morgan fingerprint density at radius 2 is 2.07 bits per heavy atom. The highest BCUT2D eigenvalue weighted by Gasteiger charge is 2.36. The minimum Gasteiger partial charge on any atom is -0.480 e. The van der Waals surface area contributed by atoms with Gasteiger partial charge in [0, 0.05) is 63.0 Å². The maximum atomic E-state index is 14.4. The van der Waals surface area contributed by atoms with Crippen molar-refractivity contribution in [3.8, 4) is 11.6 Å². The number of fused-ring (bicyclic) bond motifs is 1. The second-order valence-electron chi connectivity index (χ2n) is 7.29. The normalized spacial score (nSPS) is 18.1. The van der Waals surface area contributed by atoms with E-state index in [1.807, 2.05) is 0 Å². The number of halogens is 1. The van der Waals surface area contributed by atoms with Crippen molar-refractivity contribution in [1.82, 2.24) is 4.98 Å². The van der Waals surface area contributed by atoms with Crippen LogP contribution in [-0.2, 0) is 16.0 Å². The van der Waals surface area contributed by atoms with Gasteiger partial charge in [-0.1, -0.05) is 0 Å². The molecule has 0 bridgehead atoms. The van der Waals surface area contributed by atoms with E-state index in [4.69, 9.17) is 14.2 Å². The predicted molar refractivity (Wildman–Crippen MR) is 107 cm³/mol. The summed E-state index contributed by atoms with van der Waals surface area (Å²) in [6.45, 7) is 1.45. The fourth-order valence-corrected chi connectivity index (χ4v) is 3.76. The van der Waals surface area contributed by atoms with E-state index < -0.39 is 11.9 Å². The molecule has 1 amide bonds. The van der Waals surface area contributed by atoms with Crippen molar-refractivity contribution < 1.29 is 28.2 Å². The van der Waals surface area contributed by atoms with Gasteiger partial charge in [0.1, 0.15) is 11.6 Å². The molecule has 7 nitrogen and oxygen atoms in total. The number of ether oxygens (including phenoxy) is 3. The van der Waals surface area contributed by atoms with Gasteiger partial charge in [-0.15, -0.1) is 0 Å². The molecule has 2 aromatic rings. The van der Waals surface area contributed by atoms with Gasteiger partial charge in [-0.05, 0) is 30.2 Å². The van der Waals surface area contributed by atoms with Gasteiger partial charge in [0.15, 0.2) is 11.9 Å². The highest BCUT2D eigenvalue weighted by Crippen LogP contribution is 2.32. The minimum absolute atomic E-state index is 0.0833. The van der Waals surface area contributed by atoms with Gasteiger partial charge < -0.3 is 19.1 Å². The maximum absolute atomic E-state index is 14.4. The van der Waals surface area contributed by atoms with Crippen LogP contribution in [0.25, 0.3) is 0 Å². The van der Waals surface area contributed by atoms with E-state index in [0.717, 1.165) is 6.42 Å². The highest BCUT2D eigenvalue weighted by atomic mass is 19.1. The van der Waals surface area contributed by atoms with Crippen LogP contribution in [0.2, 0.25) is 0 Å².